The van der Waals surface area contributed by atoms with Crippen molar-refractivity contribution in [2.75, 3.05) is 20.3 Å². The van der Waals surface area contributed by atoms with Crippen LogP contribution in [0.1, 0.15) is 16.7 Å². The van der Waals surface area contributed by atoms with Gasteiger partial charge < -0.3 is 9.15 Å². The van der Waals surface area contributed by atoms with Crippen LogP contribution in [0.3, 0.4) is 0 Å². The van der Waals surface area contributed by atoms with Gasteiger partial charge in [0, 0.05) is 25.8 Å². The molecule has 0 saturated carbocycles. The van der Waals surface area contributed by atoms with E-state index < -0.39 is 10.0 Å². The second kappa shape index (κ2) is 7.58. The molecular formula is C16H21NO4S. The number of methoxy groups -OCH3 is 1. The van der Waals surface area contributed by atoms with E-state index in [4.69, 9.17) is 9.15 Å². The molecule has 0 atom stereocenters. The second-order valence-corrected chi connectivity index (χ2v) is 7.17. The normalized spacial score (nSPS) is 12.0. The molecule has 0 amide bonds. The third-order valence-electron chi connectivity index (χ3n) is 3.31. The van der Waals surface area contributed by atoms with E-state index in [9.17, 15) is 8.42 Å². The average Bonchev–Trinajstić information content (AvgIpc) is 2.95. The minimum atomic E-state index is -3.43. The SMILES string of the molecule is COCCN(Cc1ccoc1)S(=O)(=O)Cc1cccc(C)c1. The third-order valence-corrected chi connectivity index (χ3v) is 5.11. The molecule has 0 bridgehead atoms. The third kappa shape index (κ3) is 4.69. The quantitative estimate of drug-likeness (QED) is 0.749. The minimum Gasteiger partial charge on any atom is -0.472 e. The van der Waals surface area contributed by atoms with E-state index in [1.54, 1.807) is 19.4 Å². The lowest BCUT2D eigenvalue weighted by Crippen LogP contribution is -2.34. The molecule has 0 N–H and O–H groups in total. The highest BCUT2D eigenvalue weighted by atomic mass is 32.2. The molecule has 0 saturated heterocycles. The van der Waals surface area contributed by atoms with Gasteiger partial charge in [-0.05, 0) is 18.6 Å². The summed E-state index contributed by atoms with van der Waals surface area (Å²) in [5.74, 6) is -0.0176. The molecule has 1 aromatic carbocycles. The fourth-order valence-corrected chi connectivity index (χ4v) is 3.68. The van der Waals surface area contributed by atoms with Crippen LogP contribution in [-0.2, 0) is 27.1 Å². The fraction of sp³-hybridized carbons (Fsp3) is 0.375. The van der Waals surface area contributed by atoms with Crippen molar-refractivity contribution >= 4 is 10.0 Å². The molecular weight excluding hydrogens is 302 g/mol. The summed E-state index contributed by atoms with van der Waals surface area (Å²) < 4.78 is 36.8. The zero-order valence-electron chi connectivity index (χ0n) is 12.9. The first-order valence-electron chi connectivity index (χ1n) is 7.04. The van der Waals surface area contributed by atoms with Crippen LogP contribution in [0.5, 0.6) is 0 Å². The second-order valence-electron chi connectivity index (χ2n) is 5.20. The van der Waals surface area contributed by atoms with Crippen LogP contribution in [0.4, 0.5) is 0 Å². The van der Waals surface area contributed by atoms with Gasteiger partial charge in [0.15, 0.2) is 0 Å². The zero-order chi connectivity index (χ0) is 16.0. The fourth-order valence-electron chi connectivity index (χ4n) is 2.20. The van der Waals surface area contributed by atoms with E-state index in [1.165, 1.54) is 10.6 Å². The van der Waals surface area contributed by atoms with E-state index in [1.807, 2.05) is 31.2 Å². The first-order valence-corrected chi connectivity index (χ1v) is 8.65. The van der Waals surface area contributed by atoms with Gasteiger partial charge in [-0.25, -0.2) is 8.42 Å². The smallest absolute Gasteiger partial charge is 0.218 e. The Morgan fingerprint density at radius 3 is 2.68 bits per heavy atom. The van der Waals surface area contributed by atoms with Crippen LogP contribution in [0.25, 0.3) is 0 Å². The van der Waals surface area contributed by atoms with Crippen LogP contribution in [0, 0.1) is 6.92 Å². The monoisotopic (exact) mass is 323 g/mol. The topological polar surface area (TPSA) is 59.8 Å². The molecule has 0 unspecified atom stereocenters. The largest absolute Gasteiger partial charge is 0.472 e. The van der Waals surface area contributed by atoms with Crippen LogP contribution in [-0.4, -0.2) is 33.0 Å². The molecule has 1 heterocycles. The number of hydrogen-bond donors (Lipinski definition) is 0. The molecule has 0 aliphatic rings. The van der Waals surface area contributed by atoms with Crippen LogP contribution >= 0.6 is 0 Å². The minimum absolute atomic E-state index is 0.0176. The highest BCUT2D eigenvalue weighted by molar-refractivity contribution is 7.88. The molecule has 2 rings (SSSR count). The standard InChI is InChI=1S/C16H21NO4S/c1-14-4-3-5-15(10-14)13-22(18,19)17(7-9-20-2)11-16-6-8-21-12-16/h3-6,8,10,12H,7,9,11,13H2,1-2H3. The van der Waals surface area contributed by atoms with Gasteiger partial charge in [0.2, 0.25) is 10.0 Å². The van der Waals surface area contributed by atoms with Crippen molar-refractivity contribution in [3.63, 3.8) is 0 Å². The summed E-state index contributed by atoms with van der Waals surface area (Å²) in [4.78, 5) is 0. The number of rotatable bonds is 8. The van der Waals surface area contributed by atoms with Crippen molar-refractivity contribution < 1.29 is 17.6 Å². The molecule has 0 aliphatic carbocycles. The van der Waals surface area contributed by atoms with E-state index >= 15 is 0 Å². The Hall–Kier alpha value is -1.63. The van der Waals surface area contributed by atoms with Crippen LogP contribution < -0.4 is 0 Å². The maximum atomic E-state index is 12.7. The number of nitrogens with zero attached hydrogens (tertiary/aromatic N) is 1. The van der Waals surface area contributed by atoms with E-state index in [2.05, 4.69) is 0 Å². The Bertz CT molecular complexity index is 680. The summed E-state index contributed by atoms with van der Waals surface area (Å²) in [5.41, 5.74) is 2.66. The van der Waals surface area contributed by atoms with Gasteiger partial charge in [-0.2, -0.15) is 4.31 Å². The summed E-state index contributed by atoms with van der Waals surface area (Å²) in [6.07, 6.45) is 3.10. The zero-order valence-corrected chi connectivity index (χ0v) is 13.7. The van der Waals surface area contributed by atoms with E-state index in [0.717, 1.165) is 16.7 Å². The van der Waals surface area contributed by atoms with E-state index in [-0.39, 0.29) is 12.3 Å². The maximum Gasteiger partial charge on any atom is 0.218 e. The number of furan rings is 1. The lowest BCUT2D eigenvalue weighted by molar-refractivity contribution is 0.177. The number of benzene rings is 1. The number of sulfonamides is 1. The van der Waals surface area contributed by atoms with Crippen LogP contribution in [0.2, 0.25) is 0 Å². The first kappa shape index (κ1) is 16.7. The lowest BCUT2D eigenvalue weighted by atomic mass is 10.2. The van der Waals surface area contributed by atoms with Gasteiger partial charge >= 0.3 is 0 Å². The Balaban J connectivity index is 2.16. The molecule has 1 aromatic heterocycles. The van der Waals surface area contributed by atoms with Gasteiger partial charge in [0.25, 0.3) is 0 Å². The summed E-state index contributed by atoms with van der Waals surface area (Å²) in [5, 5.41) is 0. The van der Waals surface area contributed by atoms with Gasteiger partial charge in [-0.3, -0.25) is 0 Å². The van der Waals surface area contributed by atoms with Gasteiger partial charge in [-0.1, -0.05) is 29.8 Å². The number of ether oxygens (including phenoxy) is 1. The number of hydrogen-bond acceptors (Lipinski definition) is 4. The molecule has 0 aliphatic heterocycles. The van der Waals surface area contributed by atoms with Gasteiger partial charge in [0.05, 0.1) is 24.9 Å². The lowest BCUT2D eigenvalue weighted by Gasteiger charge is -2.21. The Morgan fingerprint density at radius 1 is 1.23 bits per heavy atom. The van der Waals surface area contributed by atoms with Crippen LogP contribution in [0.15, 0.2) is 47.3 Å². The summed E-state index contributed by atoms with van der Waals surface area (Å²) >= 11 is 0. The highest BCUT2D eigenvalue weighted by Crippen LogP contribution is 2.15. The molecule has 0 spiro atoms. The predicted molar refractivity (Wildman–Crippen MR) is 84.8 cm³/mol. The molecule has 0 radical (unpaired) electrons. The summed E-state index contributed by atoms with van der Waals surface area (Å²) in [6.45, 7) is 2.90. The number of aryl methyl sites for hydroxylation is 1. The van der Waals surface area contributed by atoms with Crippen molar-refractivity contribution in [1.29, 1.82) is 0 Å². The van der Waals surface area contributed by atoms with Crippen molar-refractivity contribution in [1.82, 2.24) is 4.31 Å². The van der Waals surface area contributed by atoms with Crippen molar-refractivity contribution in [3.8, 4) is 0 Å². The maximum absolute atomic E-state index is 12.7. The molecule has 120 valence electrons. The summed E-state index contributed by atoms with van der Waals surface area (Å²) in [7, 11) is -1.87. The summed E-state index contributed by atoms with van der Waals surface area (Å²) in [6, 6.07) is 9.31. The van der Waals surface area contributed by atoms with Crippen molar-refractivity contribution in [2.24, 2.45) is 0 Å². The molecule has 2 aromatic rings. The average molecular weight is 323 g/mol. The van der Waals surface area contributed by atoms with E-state index in [0.29, 0.717) is 13.2 Å². The highest BCUT2D eigenvalue weighted by Gasteiger charge is 2.23. The molecule has 5 nitrogen and oxygen atoms in total. The molecule has 22 heavy (non-hydrogen) atoms. The molecule has 0 fully saturated rings. The predicted octanol–water partition coefficient (Wildman–Crippen LogP) is 2.57. The van der Waals surface area contributed by atoms with Gasteiger partial charge in [0.1, 0.15) is 0 Å². The Morgan fingerprint density at radius 2 is 2.05 bits per heavy atom. The Labute approximate surface area is 131 Å². The van der Waals surface area contributed by atoms with Crippen molar-refractivity contribution in [3.05, 3.63) is 59.5 Å². The van der Waals surface area contributed by atoms with Gasteiger partial charge in [-0.15, -0.1) is 0 Å². The first-order chi connectivity index (χ1) is 10.5. The Kier molecular flexibility index (Phi) is 5.76. The molecule has 6 heteroatoms. The van der Waals surface area contributed by atoms with Crippen molar-refractivity contribution in [2.45, 2.75) is 19.2 Å².